The number of nitro groups is 1. The monoisotopic (exact) mass is 436 g/mol. The van der Waals surface area contributed by atoms with Crippen molar-refractivity contribution in [3.05, 3.63) is 69.8 Å². The highest BCUT2D eigenvalue weighted by atomic mass is 32.1. The molecule has 31 heavy (non-hydrogen) atoms. The molecule has 1 N–H and O–H groups in total. The predicted molar refractivity (Wildman–Crippen MR) is 117 cm³/mol. The number of anilines is 1. The summed E-state index contributed by atoms with van der Waals surface area (Å²) < 4.78 is 0. The molecule has 2 aliphatic heterocycles. The smallest absolute Gasteiger partial charge is 0.269 e. The third-order valence-corrected chi connectivity index (χ3v) is 6.75. The van der Waals surface area contributed by atoms with E-state index < -0.39 is 22.3 Å². The second kappa shape index (κ2) is 6.84. The lowest BCUT2D eigenvalue weighted by Crippen LogP contribution is -2.69. The van der Waals surface area contributed by atoms with Crippen LogP contribution in [0.3, 0.4) is 0 Å². The first kappa shape index (κ1) is 19.6. The maximum atomic E-state index is 14.0. The van der Waals surface area contributed by atoms with Crippen LogP contribution < -0.4 is 10.2 Å². The van der Waals surface area contributed by atoms with Gasteiger partial charge in [0.15, 0.2) is 10.5 Å². The highest BCUT2D eigenvalue weighted by molar-refractivity contribution is 7.80. The molecular formula is C22H20N4O4S. The Bertz CT molecular complexity index is 1130. The van der Waals surface area contributed by atoms with Gasteiger partial charge in [0, 0.05) is 37.3 Å². The highest BCUT2D eigenvalue weighted by Crippen LogP contribution is 2.52. The van der Waals surface area contributed by atoms with Gasteiger partial charge in [-0.2, -0.15) is 0 Å². The molecule has 1 saturated heterocycles. The number of nitrogens with one attached hydrogen (secondary N) is 1. The van der Waals surface area contributed by atoms with Crippen LogP contribution in [0.4, 0.5) is 11.4 Å². The molecule has 3 aliphatic rings. The Morgan fingerprint density at radius 3 is 2.52 bits per heavy atom. The Kier molecular flexibility index (Phi) is 4.33. The summed E-state index contributed by atoms with van der Waals surface area (Å²) in [5.41, 5.74) is 0.621. The molecule has 5 rings (SSSR count). The summed E-state index contributed by atoms with van der Waals surface area (Å²) in [6.07, 6.45) is 1.74. The molecule has 2 fully saturated rings. The van der Waals surface area contributed by atoms with Crippen LogP contribution in [-0.4, -0.2) is 39.8 Å². The van der Waals surface area contributed by atoms with E-state index in [4.69, 9.17) is 12.2 Å². The molecule has 1 aliphatic carbocycles. The molecule has 8 nitrogen and oxygen atoms in total. The molecule has 2 atom stereocenters. The standard InChI is InChI=1S/C22H20N4O4S/c1-24-17-10-9-16(26(29)30)11-14(17)12-22(18(24)13-5-3-2-4-6-13)19(27)23-21(31)25(20(22)28)15-7-8-15/h2-6,9-11,15,18H,7-8,12H2,1H3,(H,23,27,31)/t18-,22-/m1/s1. The first-order valence-corrected chi connectivity index (χ1v) is 10.5. The van der Waals surface area contributed by atoms with Gasteiger partial charge in [0.1, 0.15) is 0 Å². The van der Waals surface area contributed by atoms with Crippen LogP contribution in [0.5, 0.6) is 0 Å². The van der Waals surface area contributed by atoms with Crippen molar-refractivity contribution in [2.24, 2.45) is 5.41 Å². The van der Waals surface area contributed by atoms with E-state index in [1.165, 1.54) is 12.1 Å². The number of carbonyl (C=O) groups excluding carboxylic acids is 2. The first-order chi connectivity index (χ1) is 14.8. The Labute approximate surface area is 184 Å². The van der Waals surface area contributed by atoms with Crippen molar-refractivity contribution in [3.63, 3.8) is 0 Å². The van der Waals surface area contributed by atoms with Crippen LogP contribution in [0.15, 0.2) is 48.5 Å². The van der Waals surface area contributed by atoms with Crippen LogP contribution >= 0.6 is 12.2 Å². The van der Waals surface area contributed by atoms with Crippen molar-refractivity contribution in [2.75, 3.05) is 11.9 Å². The summed E-state index contributed by atoms with van der Waals surface area (Å²) in [5, 5.41) is 14.3. The van der Waals surface area contributed by atoms with Crippen molar-refractivity contribution in [3.8, 4) is 0 Å². The number of thiocarbonyl (C=S) groups is 1. The molecule has 9 heteroatoms. The van der Waals surface area contributed by atoms with Gasteiger partial charge in [0.2, 0.25) is 11.8 Å². The Morgan fingerprint density at radius 2 is 1.87 bits per heavy atom. The molecule has 1 saturated carbocycles. The van der Waals surface area contributed by atoms with Crippen LogP contribution in [0, 0.1) is 15.5 Å². The molecule has 0 aromatic heterocycles. The fourth-order valence-corrected chi connectivity index (χ4v) is 5.24. The van der Waals surface area contributed by atoms with Crippen molar-refractivity contribution in [1.82, 2.24) is 10.2 Å². The maximum Gasteiger partial charge on any atom is 0.269 e. The maximum absolute atomic E-state index is 14.0. The van der Waals surface area contributed by atoms with Crippen molar-refractivity contribution in [1.29, 1.82) is 0 Å². The van der Waals surface area contributed by atoms with E-state index >= 15 is 0 Å². The highest BCUT2D eigenvalue weighted by Gasteiger charge is 2.62. The number of amides is 2. The fourth-order valence-electron chi connectivity index (χ4n) is 4.92. The molecule has 2 heterocycles. The van der Waals surface area contributed by atoms with Crippen LogP contribution in [0.1, 0.15) is 30.0 Å². The molecule has 0 unspecified atom stereocenters. The Hall–Kier alpha value is -3.33. The molecular weight excluding hydrogens is 416 g/mol. The minimum Gasteiger partial charge on any atom is -0.366 e. The largest absolute Gasteiger partial charge is 0.366 e. The molecule has 1 spiro atoms. The molecule has 2 aromatic carbocycles. The average Bonchev–Trinajstić information content (AvgIpc) is 3.57. The van der Waals surface area contributed by atoms with Gasteiger partial charge in [-0.1, -0.05) is 30.3 Å². The SMILES string of the molecule is CN1c2ccc([N+](=O)[O-])cc2C[C@]2(C(=O)NC(=S)N(C3CC3)C2=O)[C@H]1c1ccccc1. The zero-order valence-electron chi connectivity index (χ0n) is 16.8. The molecule has 2 aromatic rings. The topological polar surface area (TPSA) is 95.8 Å². The first-order valence-electron chi connectivity index (χ1n) is 10.1. The van der Waals surface area contributed by atoms with Gasteiger partial charge < -0.3 is 10.2 Å². The van der Waals surface area contributed by atoms with Crippen molar-refractivity contribution >= 4 is 40.5 Å². The number of benzene rings is 2. The number of carbonyl (C=O) groups is 2. The van der Waals surface area contributed by atoms with E-state index in [1.807, 2.05) is 42.3 Å². The summed E-state index contributed by atoms with van der Waals surface area (Å²) in [5.74, 6) is -0.793. The molecule has 0 bridgehead atoms. The number of nitro benzene ring substituents is 1. The fraction of sp³-hybridized carbons (Fsp3) is 0.318. The number of hydrogen-bond acceptors (Lipinski definition) is 6. The number of hydrogen-bond donors (Lipinski definition) is 1. The van der Waals surface area contributed by atoms with Gasteiger partial charge in [0.25, 0.3) is 5.69 Å². The van der Waals surface area contributed by atoms with E-state index in [9.17, 15) is 19.7 Å². The van der Waals surface area contributed by atoms with Crippen LogP contribution in [0.2, 0.25) is 0 Å². The second-order valence-electron chi connectivity index (χ2n) is 8.31. The van der Waals surface area contributed by atoms with E-state index in [0.29, 0.717) is 5.56 Å². The Balaban J connectivity index is 1.73. The van der Waals surface area contributed by atoms with E-state index in [2.05, 4.69) is 5.32 Å². The Morgan fingerprint density at radius 1 is 1.16 bits per heavy atom. The van der Waals surface area contributed by atoms with Gasteiger partial charge in [-0.15, -0.1) is 0 Å². The van der Waals surface area contributed by atoms with E-state index in [1.54, 1.807) is 11.0 Å². The number of non-ortho nitro benzene ring substituents is 1. The minimum absolute atomic E-state index is 0.00860. The van der Waals surface area contributed by atoms with Gasteiger partial charge >= 0.3 is 0 Å². The lowest BCUT2D eigenvalue weighted by molar-refractivity contribution is -0.384. The minimum atomic E-state index is -1.48. The quantitative estimate of drug-likeness (QED) is 0.344. The average molecular weight is 436 g/mol. The summed E-state index contributed by atoms with van der Waals surface area (Å²) in [7, 11) is 1.82. The predicted octanol–water partition coefficient (Wildman–Crippen LogP) is 2.72. The molecule has 2 amide bonds. The van der Waals surface area contributed by atoms with Crippen molar-refractivity contribution < 1.29 is 14.5 Å². The number of fused-ring (bicyclic) bond motifs is 1. The van der Waals surface area contributed by atoms with Gasteiger partial charge in [-0.25, -0.2) is 0 Å². The zero-order chi connectivity index (χ0) is 21.9. The second-order valence-corrected chi connectivity index (χ2v) is 8.69. The zero-order valence-corrected chi connectivity index (χ0v) is 17.6. The lowest BCUT2D eigenvalue weighted by atomic mass is 9.66. The number of rotatable bonds is 3. The van der Waals surface area contributed by atoms with E-state index in [-0.39, 0.29) is 29.2 Å². The normalized spacial score (nSPS) is 25.5. The summed E-state index contributed by atoms with van der Waals surface area (Å²) >= 11 is 5.34. The van der Waals surface area contributed by atoms with Crippen molar-refractivity contribution in [2.45, 2.75) is 31.3 Å². The van der Waals surface area contributed by atoms with Gasteiger partial charge in [0.05, 0.1) is 11.0 Å². The summed E-state index contributed by atoms with van der Waals surface area (Å²) in [4.78, 5) is 41.8. The summed E-state index contributed by atoms with van der Waals surface area (Å²) in [6.45, 7) is 0. The summed E-state index contributed by atoms with van der Waals surface area (Å²) in [6, 6.07) is 13.4. The van der Waals surface area contributed by atoms with Crippen LogP contribution in [-0.2, 0) is 16.0 Å². The molecule has 158 valence electrons. The van der Waals surface area contributed by atoms with E-state index in [0.717, 1.165) is 24.1 Å². The molecule has 0 radical (unpaired) electrons. The third kappa shape index (κ3) is 2.83. The van der Waals surface area contributed by atoms with Crippen LogP contribution in [0.25, 0.3) is 0 Å². The lowest BCUT2D eigenvalue weighted by Gasteiger charge is -2.51. The third-order valence-electron chi connectivity index (χ3n) is 6.45. The number of nitrogens with zero attached hydrogens (tertiary/aromatic N) is 3. The van der Waals surface area contributed by atoms with Gasteiger partial charge in [-0.3, -0.25) is 24.6 Å². The van der Waals surface area contributed by atoms with Gasteiger partial charge in [-0.05, 0) is 42.3 Å².